The summed E-state index contributed by atoms with van der Waals surface area (Å²) in [5.41, 5.74) is 8.13. The van der Waals surface area contributed by atoms with Gasteiger partial charge in [0.1, 0.15) is 0 Å². The van der Waals surface area contributed by atoms with Crippen LogP contribution in [0.1, 0.15) is 43.7 Å². The Bertz CT molecular complexity index is 433. The predicted molar refractivity (Wildman–Crippen MR) is 77.9 cm³/mol. The summed E-state index contributed by atoms with van der Waals surface area (Å²) >= 11 is 0. The summed E-state index contributed by atoms with van der Waals surface area (Å²) in [7, 11) is 0. The van der Waals surface area contributed by atoms with E-state index in [9.17, 15) is 4.79 Å². The fourth-order valence-electron chi connectivity index (χ4n) is 2.72. The number of carbonyl (C=O) groups excluding carboxylic acids is 1. The fourth-order valence-corrected chi connectivity index (χ4v) is 2.72. The maximum Gasteiger partial charge on any atom is 0.234 e. The zero-order valence-corrected chi connectivity index (χ0v) is 12.0. The molecule has 1 aromatic rings. The van der Waals surface area contributed by atoms with Crippen molar-refractivity contribution >= 4 is 5.91 Å². The van der Waals surface area contributed by atoms with Gasteiger partial charge in [0.25, 0.3) is 0 Å². The van der Waals surface area contributed by atoms with E-state index in [1.165, 1.54) is 11.1 Å². The Hall–Kier alpha value is -1.35. The molecule has 0 aromatic heterocycles. The number of rotatable bonds is 5. The highest BCUT2D eigenvalue weighted by Crippen LogP contribution is 2.37. The SMILES string of the molecule is Cc1ccc(C2CC(NC(C(N)=O)C(C)C)C2)cc1. The van der Waals surface area contributed by atoms with Crippen LogP contribution in [0.4, 0.5) is 0 Å². The lowest BCUT2D eigenvalue weighted by Crippen LogP contribution is -2.53. The van der Waals surface area contributed by atoms with Gasteiger partial charge in [0.15, 0.2) is 0 Å². The number of primary amides is 1. The van der Waals surface area contributed by atoms with Crippen LogP contribution < -0.4 is 11.1 Å². The molecule has 2 rings (SSSR count). The summed E-state index contributed by atoms with van der Waals surface area (Å²) in [6, 6.07) is 8.97. The first-order chi connectivity index (χ1) is 8.97. The highest BCUT2D eigenvalue weighted by atomic mass is 16.1. The predicted octanol–water partition coefficient (Wildman–Crippen LogP) is 2.34. The van der Waals surface area contributed by atoms with Gasteiger partial charge in [-0.3, -0.25) is 4.79 Å². The maximum atomic E-state index is 11.4. The minimum Gasteiger partial charge on any atom is -0.368 e. The van der Waals surface area contributed by atoms with Crippen molar-refractivity contribution < 1.29 is 4.79 Å². The molecule has 1 atom stereocenters. The molecule has 3 N–H and O–H groups in total. The standard InChI is InChI=1S/C16H24N2O/c1-10(2)15(16(17)19)18-14-8-13(9-14)12-6-4-11(3)5-7-12/h4-7,10,13-15,18H,8-9H2,1-3H3,(H2,17,19). The van der Waals surface area contributed by atoms with Crippen molar-refractivity contribution in [2.45, 2.75) is 51.6 Å². The van der Waals surface area contributed by atoms with E-state index in [-0.39, 0.29) is 17.9 Å². The molecular weight excluding hydrogens is 236 g/mol. The molecule has 1 aromatic carbocycles. The molecule has 0 heterocycles. The molecule has 3 nitrogen and oxygen atoms in total. The van der Waals surface area contributed by atoms with Crippen LogP contribution in [0.15, 0.2) is 24.3 Å². The van der Waals surface area contributed by atoms with Crippen LogP contribution in [0, 0.1) is 12.8 Å². The average molecular weight is 260 g/mol. The van der Waals surface area contributed by atoms with Crippen molar-refractivity contribution in [1.29, 1.82) is 0 Å². The number of nitrogens with two attached hydrogens (primary N) is 1. The number of hydrogen-bond acceptors (Lipinski definition) is 2. The second-order valence-corrected chi connectivity index (χ2v) is 6.07. The number of carbonyl (C=O) groups is 1. The quantitative estimate of drug-likeness (QED) is 0.853. The molecule has 19 heavy (non-hydrogen) atoms. The van der Waals surface area contributed by atoms with E-state index in [1.54, 1.807) is 0 Å². The first kappa shape index (κ1) is 14.1. The van der Waals surface area contributed by atoms with Crippen LogP contribution in [0.25, 0.3) is 0 Å². The van der Waals surface area contributed by atoms with E-state index in [4.69, 9.17) is 5.73 Å². The van der Waals surface area contributed by atoms with Gasteiger partial charge in [-0.25, -0.2) is 0 Å². The van der Waals surface area contributed by atoms with Crippen LogP contribution in [0.5, 0.6) is 0 Å². The van der Waals surface area contributed by atoms with Crippen molar-refractivity contribution in [3.05, 3.63) is 35.4 Å². The van der Waals surface area contributed by atoms with Gasteiger partial charge in [-0.05, 0) is 37.2 Å². The Kier molecular flexibility index (Phi) is 4.25. The van der Waals surface area contributed by atoms with Gasteiger partial charge < -0.3 is 11.1 Å². The van der Waals surface area contributed by atoms with Gasteiger partial charge >= 0.3 is 0 Å². The van der Waals surface area contributed by atoms with Crippen molar-refractivity contribution in [1.82, 2.24) is 5.32 Å². The number of amides is 1. The van der Waals surface area contributed by atoms with Gasteiger partial charge in [0.05, 0.1) is 6.04 Å². The van der Waals surface area contributed by atoms with Crippen LogP contribution in [-0.2, 0) is 4.79 Å². The second-order valence-electron chi connectivity index (χ2n) is 6.07. The molecule has 1 aliphatic carbocycles. The average Bonchev–Trinajstić information content (AvgIpc) is 2.28. The number of nitrogens with one attached hydrogen (secondary N) is 1. The Morgan fingerprint density at radius 3 is 2.32 bits per heavy atom. The summed E-state index contributed by atoms with van der Waals surface area (Å²) in [4.78, 5) is 11.4. The monoisotopic (exact) mass is 260 g/mol. The Morgan fingerprint density at radius 1 is 1.26 bits per heavy atom. The lowest BCUT2D eigenvalue weighted by atomic mass is 9.75. The third kappa shape index (κ3) is 3.35. The van der Waals surface area contributed by atoms with Gasteiger partial charge in [-0.15, -0.1) is 0 Å². The molecule has 3 heteroatoms. The van der Waals surface area contributed by atoms with E-state index >= 15 is 0 Å². The van der Waals surface area contributed by atoms with Crippen LogP contribution in [0.2, 0.25) is 0 Å². The summed E-state index contributed by atoms with van der Waals surface area (Å²) in [6.07, 6.45) is 2.19. The Balaban J connectivity index is 1.86. The molecule has 0 spiro atoms. The summed E-state index contributed by atoms with van der Waals surface area (Å²) in [5, 5.41) is 3.39. The van der Waals surface area contributed by atoms with E-state index in [1.807, 2.05) is 13.8 Å². The zero-order valence-electron chi connectivity index (χ0n) is 12.0. The van der Waals surface area contributed by atoms with Crippen molar-refractivity contribution in [2.75, 3.05) is 0 Å². The largest absolute Gasteiger partial charge is 0.368 e. The van der Waals surface area contributed by atoms with Crippen molar-refractivity contribution in [3.8, 4) is 0 Å². The lowest BCUT2D eigenvalue weighted by molar-refractivity contribution is -0.121. The molecule has 104 valence electrons. The van der Waals surface area contributed by atoms with E-state index in [0.717, 1.165) is 12.8 Å². The summed E-state index contributed by atoms with van der Waals surface area (Å²) < 4.78 is 0. The van der Waals surface area contributed by atoms with Gasteiger partial charge in [0.2, 0.25) is 5.91 Å². The lowest BCUT2D eigenvalue weighted by Gasteiger charge is -2.39. The van der Waals surface area contributed by atoms with Crippen LogP contribution in [-0.4, -0.2) is 18.0 Å². The minimum absolute atomic E-state index is 0.205. The fraction of sp³-hybridized carbons (Fsp3) is 0.562. The highest BCUT2D eigenvalue weighted by Gasteiger charge is 2.33. The summed E-state index contributed by atoms with van der Waals surface area (Å²) in [5.74, 6) is 0.628. The molecule has 0 saturated heterocycles. The van der Waals surface area contributed by atoms with E-state index in [2.05, 4.69) is 36.5 Å². The third-order valence-corrected chi connectivity index (χ3v) is 4.08. The molecule has 1 aliphatic rings. The molecular formula is C16H24N2O. The summed E-state index contributed by atoms with van der Waals surface area (Å²) in [6.45, 7) is 6.16. The van der Waals surface area contributed by atoms with Gasteiger partial charge in [-0.1, -0.05) is 43.7 Å². The van der Waals surface area contributed by atoms with Gasteiger partial charge in [0, 0.05) is 6.04 Å². The Labute approximate surface area is 115 Å². The molecule has 1 amide bonds. The minimum atomic E-state index is -0.242. The molecule has 0 aliphatic heterocycles. The smallest absolute Gasteiger partial charge is 0.234 e. The van der Waals surface area contributed by atoms with Gasteiger partial charge in [-0.2, -0.15) is 0 Å². The van der Waals surface area contributed by atoms with E-state index < -0.39 is 0 Å². The van der Waals surface area contributed by atoms with Crippen molar-refractivity contribution in [2.24, 2.45) is 11.7 Å². The molecule has 1 saturated carbocycles. The molecule has 0 bridgehead atoms. The number of benzene rings is 1. The second kappa shape index (κ2) is 5.74. The van der Waals surface area contributed by atoms with Crippen LogP contribution in [0.3, 0.4) is 0 Å². The highest BCUT2D eigenvalue weighted by molar-refractivity contribution is 5.80. The number of aryl methyl sites for hydroxylation is 1. The van der Waals surface area contributed by atoms with E-state index in [0.29, 0.717) is 12.0 Å². The first-order valence-electron chi connectivity index (χ1n) is 7.09. The molecule has 1 fully saturated rings. The maximum absolute atomic E-state index is 11.4. The van der Waals surface area contributed by atoms with Crippen molar-refractivity contribution in [3.63, 3.8) is 0 Å². The molecule has 0 radical (unpaired) electrons. The first-order valence-corrected chi connectivity index (χ1v) is 7.09. The topological polar surface area (TPSA) is 55.1 Å². The normalized spacial score (nSPS) is 24.0. The zero-order chi connectivity index (χ0) is 14.0. The number of hydrogen-bond donors (Lipinski definition) is 2. The Morgan fingerprint density at radius 2 is 1.84 bits per heavy atom. The molecule has 1 unspecified atom stereocenters. The van der Waals surface area contributed by atoms with Crippen LogP contribution >= 0.6 is 0 Å². The third-order valence-electron chi connectivity index (χ3n) is 4.08.